The first-order valence-corrected chi connectivity index (χ1v) is 4.92. The third-order valence-corrected chi connectivity index (χ3v) is 2.14. The molecule has 1 rings (SSSR count). The van der Waals surface area contributed by atoms with Crippen molar-refractivity contribution in [1.82, 2.24) is 0 Å². The van der Waals surface area contributed by atoms with Gasteiger partial charge in [-0.15, -0.1) is 0 Å². The highest BCUT2D eigenvalue weighted by Gasteiger charge is 2.29. The summed E-state index contributed by atoms with van der Waals surface area (Å²) in [6, 6.07) is 0. The van der Waals surface area contributed by atoms with Crippen molar-refractivity contribution in [3.8, 4) is 0 Å². The third-order valence-electron chi connectivity index (χ3n) is 2.14. The van der Waals surface area contributed by atoms with E-state index in [1.165, 1.54) is 0 Å². The predicted molar refractivity (Wildman–Crippen MR) is 48.2 cm³/mol. The number of esters is 1. The van der Waals surface area contributed by atoms with Crippen LogP contribution in [0.5, 0.6) is 0 Å². The molecule has 0 N–H and O–H groups in total. The summed E-state index contributed by atoms with van der Waals surface area (Å²) in [4.78, 5) is 22.1. The van der Waals surface area contributed by atoms with Crippen molar-refractivity contribution in [2.75, 3.05) is 6.61 Å². The van der Waals surface area contributed by atoms with E-state index in [0.29, 0.717) is 6.42 Å². The Morgan fingerprint density at radius 1 is 1.38 bits per heavy atom. The molecule has 0 aromatic carbocycles. The van der Waals surface area contributed by atoms with Crippen LogP contribution in [-0.2, 0) is 14.3 Å². The highest BCUT2D eigenvalue weighted by Crippen LogP contribution is 2.29. The van der Waals surface area contributed by atoms with Crippen molar-refractivity contribution in [2.45, 2.75) is 39.0 Å². The third kappa shape index (κ3) is 4.06. The van der Waals surface area contributed by atoms with Crippen LogP contribution >= 0.6 is 0 Å². The maximum absolute atomic E-state index is 11.1. The molecule has 0 saturated heterocycles. The summed E-state index contributed by atoms with van der Waals surface area (Å²) >= 11 is 0. The second-order valence-corrected chi connectivity index (χ2v) is 3.50. The predicted octanol–water partition coefficient (Wildman–Crippen LogP) is 1.70. The highest BCUT2D eigenvalue weighted by molar-refractivity contribution is 5.86. The summed E-state index contributed by atoms with van der Waals surface area (Å²) < 4.78 is 4.82. The molecule has 0 atom stereocenters. The van der Waals surface area contributed by atoms with Crippen LogP contribution in [0.3, 0.4) is 0 Å². The molecular weight excluding hydrogens is 168 g/mol. The van der Waals surface area contributed by atoms with Crippen LogP contribution in [0, 0.1) is 5.92 Å². The van der Waals surface area contributed by atoms with E-state index in [-0.39, 0.29) is 24.3 Å². The van der Waals surface area contributed by atoms with E-state index in [2.05, 4.69) is 0 Å². The largest absolute Gasteiger partial charge is 0.458 e. The summed E-state index contributed by atoms with van der Waals surface area (Å²) in [7, 11) is 0. The molecule has 1 aliphatic carbocycles. The number of rotatable bonds is 6. The molecule has 1 aliphatic rings. The van der Waals surface area contributed by atoms with Crippen molar-refractivity contribution in [1.29, 1.82) is 0 Å². The average Bonchev–Trinajstić information content (AvgIpc) is 2.93. The van der Waals surface area contributed by atoms with Crippen molar-refractivity contribution >= 4 is 11.8 Å². The summed E-state index contributed by atoms with van der Waals surface area (Å²) in [5, 5.41) is 0. The molecule has 0 aromatic rings. The molecule has 13 heavy (non-hydrogen) atoms. The fraction of sp³-hybridized carbons (Fsp3) is 0.800. The highest BCUT2D eigenvalue weighted by atomic mass is 16.5. The number of carbonyl (C=O) groups is 2. The van der Waals surface area contributed by atoms with Crippen molar-refractivity contribution in [3.05, 3.63) is 0 Å². The molecule has 1 saturated carbocycles. The number of ether oxygens (including phenoxy) is 1. The van der Waals surface area contributed by atoms with E-state index in [9.17, 15) is 9.59 Å². The number of ketones is 1. The molecule has 0 aromatic heterocycles. The van der Waals surface area contributed by atoms with Gasteiger partial charge < -0.3 is 4.74 Å². The van der Waals surface area contributed by atoms with Gasteiger partial charge in [0.05, 0.1) is 0 Å². The maximum atomic E-state index is 11.1. The van der Waals surface area contributed by atoms with E-state index in [0.717, 1.165) is 25.7 Å². The van der Waals surface area contributed by atoms with Crippen LogP contribution in [0.2, 0.25) is 0 Å². The summed E-state index contributed by atoms with van der Waals surface area (Å²) in [6.07, 6.45) is 4.22. The second-order valence-electron chi connectivity index (χ2n) is 3.50. The Morgan fingerprint density at radius 2 is 2.08 bits per heavy atom. The van der Waals surface area contributed by atoms with E-state index < -0.39 is 0 Å². The number of carbonyl (C=O) groups excluding carboxylic acids is 2. The van der Waals surface area contributed by atoms with Crippen LogP contribution in [0.4, 0.5) is 0 Å². The molecule has 0 aliphatic heterocycles. The number of hydrogen-bond acceptors (Lipinski definition) is 3. The lowest BCUT2D eigenvalue weighted by molar-refractivity contribution is -0.148. The molecule has 0 amide bonds. The van der Waals surface area contributed by atoms with E-state index in [4.69, 9.17) is 4.74 Å². The van der Waals surface area contributed by atoms with Crippen LogP contribution in [0.25, 0.3) is 0 Å². The molecule has 0 spiro atoms. The fourth-order valence-corrected chi connectivity index (χ4v) is 1.07. The monoisotopic (exact) mass is 184 g/mol. The zero-order valence-electron chi connectivity index (χ0n) is 8.04. The smallest absolute Gasteiger partial charge is 0.306 e. The van der Waals surface area contributed by atoms with Crippen LogP contribution in [-0.4, -0.2) is 18.4 Å². The standard InChI is InChI=1S/C10H16O3/c1-2-3-4-10(12)13-7-9(11)8-5-6-8/h8H,2-7H2,1H3. The van der Waals surface area contributed by atoms with E-state index in [1.807, 2.05) is 6.92 Å². The van der Waals surface area contributed by atoms with Crippen molar-refractivity contribution < 1.29 is 14.3 Å². The Kier molecular flexibility index (Phi) is 3.93. The lowest BCUT2D eigenvalue weighted by Gasteiger charge is -2.02. The van der Waals surface area contributed by atoms with Crippen LogP contribution in [0.1, 0.15) is 39.0 Å². The summed E-state index contributed by atoms with van der Waals surface area (Å²) in [6.45, 7) is 2.01. The van der Waals surface area contributed by atoms with Gasteiger partial charge in [0.15, 0.2) is 5.78 Å². The fourth-order valence-electron chi connectivity index (χ4n) is 1.07. The first kappa shape index (κ1) is 10.2. The van der Waals surface area contributed by atoms with Gasteiger partial charge in [-0.3, -0.25) is 9.59 Å². The average molecular weight is 184 g/mol. The van der Waals surface area contributed by atoms with Gasteiger partial charge in [-0.25, -0.2) is 0 Å². The van der Waals surface area contributed by atoms with Crippen LogP contribution in [0.15, 0.2) is 0 Å². The zero-order chi connectivity index (χ0) is 9.68. The number of Topliss-reactive ketones (excluding diaryl/α,β-unsaturated/α-hetero) is 1. The molecular formula is C10H16O3. The second kappa shape index (κ2) is 5.00. The molecule has 3 heteroatoms. The summed E-state index contributed by atoms with van der Waals surface area (Å²) in [5.41, 5.74) is 0. The topological polar surface area (TPSA) is 43.4 Å². The van der Waals surface area contributed by atoms with Gasteiger partial charge in [-0.1, -0.05) is 13.3 Å². The minimum atomic E-state index is -0.240. The molecule has 0 bridgehead atoms. The van der Waals surface area contributed by atoms with E-state index >= 15 is 0 Å². The first-order chi connectivity index (χ1) is 6.24. The summed E-state index contributed by atoms with van der Waals surface area (Å²) in [5.74, 6) is 0.0414. The molecule has 0 heterocycles. The molecule has 1 fully saturated rings. The van der Waals surface area contributed by atoms with Gasteiger partial charge in [0.1, 0.15) is 6.61 Å². The van der Waals surface area contributed by atoms with Gasteiger partial charge in [-0.2, -0.15) is 0 Å². The Bertz CT molecular complexity index is 194. The van der Waals surface area contributed by atoms with Gasteiger partial charge in [0.2, 0.25) is 0 Å². The minimum Gasteiger partial charge on any atom is -0.458 e. The Labute approximate surface area is 78.5 Å². The van der Waals surface area contributed by atoms with Crippen molar-refractivity contribution in [3.63, 3.8) is 0 Å². The first-order valence-electron chi connectivity index (χ1n) is 4.92. The van der Waals surface area contributed by atoms with Gasteiger partial charge in [0.25, 0.3) is 0 Å². The SMILES string of the molecule is CCCCC(=O)OCC(=O)C1CC1. The molecule has 0 unspecified atom stereocenters. The van der Waals surface area contributed by atoms with Gasteiger partial charge >= 0.3 is 5.97 Å². The van der Waals surface area contributed by atoms with E-state index in [1.54, 1.807) is 0 Å². The van der Waals surface area contributed by atoms with Crippen molar-refractivity contribution in [2.24, 2.45) is 5.92 Å². The van der Waals surface area contributed by atoms with Gasteiger partial charge in [0, 0.05) is 12.3 Å². The maximum Gasteiger partial charge on any atom is 0.306 e. The Balaban J connectivity index is 2.03. The molecule has 3 nitrogen and oxygen atoms in total. The quantitative estimate of drug-likeness (QED) is 0.590. The number of hydrogen-bond donors (Lipinski definition) is 0. The molecule has 74 valence electrons. The van der Waals surface area contributed by atoms with Gasteiger partial charge in [-0.05, 0) is 19.3 Å². The lowest BCUT2D eigenvalue weighted by atomic mass is 10.2. The lowest BCUT2D eigenvalue weighted by Crippen LogP contribution is -2.14. The zero-order valence-corrected chi connectivity index (χ0v) is 8.04. The normalized spacial score (nSPS) is 15.5. The Hall–Kier alpha value is -0.860. The van der Waals surface area contributed by atoms with Crippen LogP contribution < -0.4 is 0 Å². The molecule has 0 radical (unpaired) electrons. The number of unbranched alkanes of at least 4 members (excludes halogenated alkanes) is 1. The Morgan fingerprint density at radius 3 is 2.62 bits per heavy atom. The minimum absolute atomic E-state index is 0.00673.